The van der Waals surface area contributed by atoms with Crippen molar-refractivity contribution in [3.63, 3.8) is 0 Å². The maximum Gasteiger partial charge on any atom is 0.322 e. The number of piperidine rings is 1. The number of likely N-dealkylation sites (tertiary alicyclic amines) is 1. The van der Waals surface area contributed by atoms with Crippen LogP contribution in [-0.4, -0.2) is 27.5 Å². The highest BCUT2D eigenvalue weighted by atomic mass is 19.3. The summed E-state index contributed by atoms with van der Waals surface area (Å²) < 4.78 is 30.8. The highest BCUT2D eigenvalue weighted by Gasteiger charge is 2.32. The molecule has 0 bridgehead atoms. The van der Waals surface area contributed by atoms with Gasteiger partial charge in [-0.3, -0.25) is 4.79 Å². The van der Waals surface area contributed by atoms with Crippen molar-refractivity contribution in [1.82, 2.24) is 15.0 Å². The van der Waals surface area contributed by atoms with Crippen LogP contribution < -0.4 is 0 Å². The summed E-state index contributed by atoms with van der Waals surface area (Å²) in [6.45, 7) is 2.05. The van der Waals surface area contributed by atoms with Gasteiger partial charge >= 0.3 is 5.92 Å². The lowest BCUT2D eigenvalue weighted by Crippen LogP contribution is -2.34. The Balaban J connectivity index is 1.72. The second-order valence-corrected chi connectivity index (χ2v) is 5.78. The van der Waals surface area contributed by atoms with Crippen molar-refractivity contribution in [2.75, 3.05) is 6.54 Å². The van der Waals surface area contributed by atoms with Gasteiger partial charge < -0.3 is 9.42 Å². The van der Waals surface area contributed by atoms with Crippen LogP contribution in [0.1, 0.15) is 37.6 Å². The molecule has 1 saturated heterocycles. The van der Waals surface area contributed by atoms with Gasteiger partial charge in [-0.15, -0.1) is 0 Å². The first-order valence-corrected chi connectivity index (χ1v) is 7.52. The second-order valence-electron chi connectivity index (χ2n) is 5.78. The number of carbonyl (C=O) groups excluding carboxylic acids is 1. The monoisotopic (exact) mass is 321 g/mol. The number of nitrogens with zero attached hydrogens (tertiary/aromatic N) is 3. The number of amides is 1. The van der Waals surface area contributed by atoms with E-state index in [-0.39, 0.29) is 11.7 Å². The first kappa shape index (κ1) is 15.6. The zero-order chi connectivity index (χ0) is 16.4. The Labute approximate surface area is 132 Å². The first-order chi connectivity index (χ1) is 10.9. The van der Waals surface area contributed by atoms with E-state index in [0.29, 0.717) is 25.5 Å². The second kappa shape index (κ2) is 6.06. The summed E-state index contributed by atoms with van der Waals surface area (Å²) in [6.07, 6.45) is 2.59. The third kappa shape index (κ3) is 3.55. The fourth-order valence-electron chi connectivity index (χ4n) is 2.53. The zero-order valence-corrected chi connectivity index (χ0v) is 12.8. The van der Waals surface area contributed by atoms with Gasteiger partial charge in [0.2, 0.25) is 11.7 Å². The van der Waals surface area contributed by atoms with Crippen LogP contribution in [0.3, 0.4) is 0 Å². The standard InChI is InChI=1S/C16H17F2N3O2/c1-16(17,18)15-19-14(20-23-15)12-7-5-11(6-8-12)10-21-9-3-2-4-13(21)22/h5-8H,2-4,9-10H2,1H3. The van der Waals surface area contributed by atoms with Gasteiger partial charge in [-0.05, 0) is 18.4 Å². The molecule has 1 aromatic heterocycles. The average Bonchev–Trinajstić information content (AvgIpc) is 3.00. The summed E-state index contributed by atoms with van der Waals surface area (Å²) in [5.41, 5.74) is 1.58. The van der Waals surface area contributed by atoms with E-state index in [1.165, 1.54) is 0 Å². The van der Waals surface area contributed by atoms with Gasteiger partial charge in [0.25, 0.3) is 5.89 Å². The molecular formula is C16H17F2N3O2. The Kier molecular flexibility index (Phi) is 4.11. The van der Waals surface area contributed by atoms with Gasteiger partial charge in [0.05, 0.1) is 0 Å². The molecule has 3 rings (SSSR count). The first-order valence-electron chi connectivity index (χ1n) is 7.52. The van der Waals surface area contributed by atoms with Crippen molar-refractivity contribution < 1.29 is 18.1 Å². The third-order valence-electron chi connectivity index (χ3n) is 3.81. The van der Waals surface area contributed by atoms with E-state index < -0.39 is 11.8 Å². The average molecular weight is 321 g/mol. The third-order valence-corrected chi connectivity index (χ3v) is 3.81. The molecule has 1 amide bonds. The number of aromatic nitrogens is 2. The van der Waals surface area contributed by atoms with Crippen molar-refractivity contribution in [2.24, 2.45) is 0 Å². The molecule has 0 atom stereocenters. The molecule has 0 N–H and O–H groups in total. The Morgan fingerprint density at radius 1 is 1.26 bits per heavy atom. The summed E-state index contributed by atoms with van der Waals surface area (Å²) in [7, 11) is 0. The minimum atomic E-state index is -3.15. The molecule has 0 unspecified atom stereocenters. The smallest absolute Gasteiger partial charge is 0.322 e. The number of alkyl halides is 2. The highest BCUT2D eigenvalue weighted by Crippen LogP contribution is 2.27. The fraction of sp³-hybridized carbons (Fsp3) is 0.438. The quantitative estimate of drug-likeness (QED) is 0.866. The molecule has 1 aromatic carbocycles. The molecular weight excluding hydrogens is 304 g/mol. The van der Waals surface area contributed by atoms with E-state index in [9.17, 15) is 13.6 Å². The SMILES string of the molecule is CC(F)(F)c1nc(-c2ccc(CN3CCCCC3=O)cc2)no1. The van der Waals surface area contributed by atoms with Crippen molar-refractivity contribution in [3.8, 4) is 11.4 Å². The summed E-state index contributed by atoms with van der Waals surface area (Å²) in [5.74, 6) is -3.55. The number of hydrogen-bond donors (Lipinski definition) is 0. The van der Waals surface area contributed by atoms with Crippen LogP contribution in [0, 0.1) is 0 Å². The summed E-state index contributed by atoms with van der Waals surface area (Å²) in [5, 5.41) is 3.58. The molecule has 1 aliphatic rings. The molecule has 0 radical (unpaired) electrons. The molecule has 0 spiro atoms. The molecule has 1 aliphatic heterocycles. The van der Waals surface area contributed by atoms with Gasteiger partial charge in [0.15, 0.2) is 0 Å². The predicted molar refractivity (Wildman–Crippen MR) is 78.6 cm³/mol. The maximum absolute atomic E-state index is 13.1. The van der Waals surface area contributed by atoms with Crippen LogP contribution in [0.4, 0.5) is 8.78 Å². The summed E-state index contributed by atoms with van der Waals surface area (Å²) in [4.78, 5) is 17.4. The van der Waals surface area contributed by atoms with Gasteiger partial charge in [0.1, 0.15) is 0 Å². The Morgan fingerprint density at radius 2 is 2.00 bits per heavy atom. The molecule has 7 heteroatoms. The summed E-state index contributed by atoms with van der Waals surface area (Å²) >= 11 is 0. The van der Waals surface area contributed by atoms with Gasteiger partial charge in [-0.1, -0.05) is 29.4 Å². The van der Waals surface area contributed by atoms with Crippen molar-refractivity contribution in [3.05, 3.63) is 35.7 Å². The lowest BCUT2D eigenvalue weighted by molar-refractivity contribution is -0.133. The molecule has 2 heterocycles. The number of benzene rings is 1. The molecule has 0 aliphatic carbocycles. The van der Waals surface area contributed by atoms with E-state index in [0.717, 1.165) is 24.9 Å². The normalized spacial score (nSPS) is 16.0. The van der Waals surface area contributed by atoms with Crippen LogP contribution >= 0.6 is 0 Å². The molecule has 1 fully saturated rings. The lowest BCUT2D eigenvalue weighted by Gasteiger charge is -2.26. The fourth-order valence-corrected chi connectivity index (χ4v) is 2.53. The summed E-state index contributed by atoms with van der Waals surface area (Å²) in [6, 6.07) is 7.17. The minimum absolute atomic E-state index is 0.127. The Morgan fingerprint density at radius 3 is 2.61 bits per heavy atom. The number of halogens is 2. The minimum Gasteiger partial charge on any atom is -0.338 e. The number of carbonyl (C=O) groups is 1. The molecule has 2 aromatic rings. The van der Waals surface area contributed by atoms with E-state index >= 15 is 0 Å². The predicted octanol–water partition coefficient (Wildman–Crippen LogP) is 3.36. The van der Waals surface area contributed by atoms with Crippen LogP contribution in [0.15, 0.2) is 28.8 Å². The van der Waals surface area contributed by atoms with E-state index in [2.05, 4.69) is 14.7 Å². The molecule has 5 nitrogen and oxygen atoms in total. The molecule has 122 valence electrons. The van der Waals surface area contributed by atoms with E-state index in [4.69, 9.17) is 0 Å². The van der Waals surface area contributed by atoms with Crippen LogP contribution in [-0.2, 0) is 17.3 Å². The van der Waals surface area contributed by atoms with Crippen molar-refractivity contribution in [1.29, 1.82) is 0 Å². The largest absolute Gasteiger partial charge is 0.338 e. The van der Waals surface area contributed by atoms with E-state index in [1.807, 2.05) is 17.0 Å². The lowest BCUT2D eigenvalue weighted by atomic mass is 10.1. The topological polar surface area (TPSA) is 59.2 Å². The van der Waals surface area contributed by atoms with Gasteiger partial charge in [-0.2, -0.15) is 13.8 Å². The van der Waals surface area contributed by atoms with Gasteiger partial charge in [-0.25, -0.2) is 0 Å². The van der Waals surface area contributed by atoms with E-state index in [1.54, 1.807) is 12.1 Å². The van der Waals surface area contributed by atoms with Crippen molar-refractivity contribution in [2.45, 2.75) is 38.7 Å². The Hall–Kier alpha value is -2.31. The Bertz CT molecular complexity index is 692. The zero-order valence-electron chi connectivity index (χ0n) is 12.8. The van der Waals surface area contributed by atoms with Crippen LogP contribution in [0.25, 0.3) is 11.4 Å². The van der Waals surface area contributed by atoms with Crippen LogP contribution in [0.2, 0.25) is 0 Å². The molecule has 0 saturated carbocycles. The number of hydrogen-bond acceptors (Lipinski definition) is 4. The number of rotatable bonds is 4. The van der Waals surface area contributed by atoms with Crippen LogP contribution in [0.5, 0.6) is 0 Å². The molecule has 23 heavy (non-hydrogen) atoms. The highest BCUT2D eigenvalue weighted by molar-refractivity contribution is 5.76. The van der Waals surface area contributed by atoms with Gasteiger partial charge in [0, 0.05) is 32.0 Å². The maximum atomic E-state index is 13.1. The van der Waals surface area contributed by atoms with Crippen molar-refractivity contribution >= 4 is 5.91 Å².